The van der Waals surface area contributed by atoms with Gasteiger partial charge >= 0.3 is 0 Å². The van der Waals surface area contributed by atoms with Gasteiger partial charge in [-0.3, -0.25) is 4.79 Å². The lowest BCUT2D eigenvalue weighted by atomic mass is 9.98. The Bertz CT molecular complexity index is 868. The van der Waals surface area contributed by atoms with Gasteiger partial charge in [-0.15, -0.1) is 0 Å². The van der Waals surface area contributed by atoms with Crippen molar-refractivity contribution in [3.8, 4) is 5.75 Å². The predicted octanol–water partition coefficient (Wildman–Crippen LogP) is 2.73. The van der Waals surface area contributed by atoms with Crippen LogP contribution < -0.4 is 10.1 Å². The van der Waals surface area contributed by atoms with Crippen LogP contribution in [0, 0.1) is 5.92 Å². The Kier molecular flexibility index (Phi) is 5.58. The normalized spacial score (nSPS) is 18.3. The van der Waals surface area contributed by atoms with Gasteiger partial charge in [0.25, 0.3) is 0 Å². The third-order valence-electron chi connectivity index (χ3n) is 4.47. The van der Waals surface area contributed by atoms with E-state index < -0.39 is 10.0 Å². The number of hydrogen-bond donors (Lipinski definition) is 1. The minimum absolute atomic E-state index is 0.175. The van der Waals surface area contributed by atoms with Gasteiger partial charge in [0.05, 0.1) is 17.9 Å². The van der Waals surface area contributed by atoms with Gasteiger partial charge in [0, 0.05) is 24.8 Å². The molecule has 6 nitrogen and oxygen atoms in total. The fraction of sp³-hybridized carbons (Fsp3) is 0.316. The molecule has 0 aliphatic carbocycles. The van der Waals surface area contributed by atoms with Gasteiger partial charge in [0.2, 0.25) is 15.9 Å². The van der Waals surface area contributed by atoms with E-state index in [2.05, 4.69) is 5.32 Å². The van der Waals surface area contributed by atoms with Gasteiger partial charge in [-0.1, -0.05) is 24.3 Å². The molecule has 0 radical (unpaired) electrons. The third kappa shape index (κ3) is 4.05. The molecule has 0 saturated carbocycles. The van der Waals surface area contributed by atoms with Crippen molar-refractivity contribution in [3.05, 3.63) is 54.6 Å². The van der Waals surface area contributed by atoms with Crippen LogP contribution in [-0.4, -0.2) is 38.8 Å². The van der Waals surface area contributed by atoms with Crippen molar-refractivity contribution in [3.63, 3.8) is 0 Å². The van der Waals surface area contributed by atoms with E-state index in [0.717, 1.165) is 0 Å². The van der Waals surface area contributed by atoms with Crippen molar-refractivity contribution in [2.45, 2.75) is 17.7 Å². The number of ether oxygens (including phenoxy) is 1. The summed E-state index contributed by atoms with van der Waals surface area (Å²) < 4.78 is 32.1. The molecule has 3 rings (SSSR count). The van der Waals surface area contributed by atoms with E-state index in [1.165, 1.54) is 4.31 Å². The molecule has 2 aromatic carbocycles. The lowest BCUT2D eigenvalue weighted by molar-refractivity contribution is -0.120. The second-order valence-electron chi connectivity index (χ2n) is 6.24. The zero-order valence-corrected chi connectivity index (χ0v) is 15.4. The maximum Gasteiger partial charge on any atom is 0.243 e. The second-order valence-corrected chi connectivity index (χ2v) is 8.17. The fourth-order valence-corrected chi connectivity index (χ4v) is 4.61. The van der Waals surface area contributed by atoms with Crippen molar-refractivity contribution in [1.82, 2.24) is 4.31 Å². The average molecular weight is 374 g/mol. The van der Waals surface area contributed by atoms with Crippen molar-refractivity contribution in [2.75, 3.05) is 25.5 Å². The Balaban J connectivity index is 1.71. The Hall–Kier alpha value is -2.38. The standard InChI is InChI=1S/C19H22N2O4S/c1-25-17-9-5-8-16(13-17)20-19(22)15-7-6-12-21(14-15)26(23,24)18-10-3-2-4-11-18/h2-5,8-11,13,15H,6-7,12,14H2,1H3,(H,20,22)/t15-/m1/s1. The first-order chi connectivity index (χ1) is 12.5. The number of nitrogens with one attached hydrogen (secondary N) is 1. The molecule has 0 spiro atoms. The molecule has 7 heteroatoms. The van der Waals surface area contributed by atoms with Crippen LogP contribution in [0.4, 0.5) is 5.69 Å². The van der Waals surface area contributed by atoms with Crippen molar-refractivity contribution < 1.29 is 17.9 Å². The van der Waals surface area contributed by atoms with Crippen LogP contribution in [-0.2, 0) is 14.8 Å². The van der Waals surface area contributed by atoms with Gasteiger partial charge in [0.15, 0.2) is 0 Å². The minimum atomic E-state index is -3.58. The van der Waals surface area contributed by atoms with Crippen LogP contribution in [0.1, 0.15) is 12.8 Å². The Morgan fingerprint density at radius 2 is 1.92 bits per heavy atom. The molecule has 2 aromatic rings. The number of hydrogen-bond acceptors (Lipinski definition) is 4. The maximum absolute atomic E-state index is 12.8. The molecule has 26 heavy (non-hydrogen) atoms. The SMILES string of the molecule is COc1cccc(NC(=O)[C@@H]2CCCN(S(=O)(=O)c3ccccc3)C2)c1. The van der Waals surface area contributed by atoms with Gasteiger partial charge in [-0.25, -0.2) is 8.42 Å². The third-order valence-corrected chi connectivity index (χ3v) is 6.35. The van der Waals surface area contributed by atoms with Gasteiger partial charge in [-0.2, -0.15) is 4.31 Å². The van der Waals surface area contributed by atoms with Crippen LogP contribution >= 0.6 is 0 Å². The van der Waals surface area contributed by atoms with E-state index in [-0.39, 0.29) is 23.3 Å². The second kappa shape index (κ2) is 7.88. The molecule has 0 aromatic heterocycles. The number of benzene rings is 2. The van der Waals surface area contributed by atoms with Crippen LogP contribution in [0.3, 0.4) is 0 Å². The number of rotatable bonds is 5. The summed E-state index contributed by atoms with van der Waals surface area (Å²) in [5, 5.41) is 2.86. The molecule has 1 heterocycles. The van der Waals surface area contributed by atoms with Crippen LogP contribution in [0.5, 0.6) is 5.75 Å². The zero-order chi connectivity index (χ0) is 18.6. The number of carbonyl (C=O) groups excluding carboxylic acids is 1. The Labute approximate surface area is 153 Å². The molecule has 1 aliphatic rings. The smallest absolute Gasteiger partial charge is 0.243 e. The lowest BCUT2D eigenvalue weighted by Gasteiger charge is -2.31. The van der Waals surface area contributed by atoms with Gasteiger partial charge < -0.3 is 10.1 Å². The molecule has 1 atom stereocenters. The first-order valence-corrected chi connectivity index (χ1v) is 9.95. The predicted molar refractivity (Wildman–Crippen MR) is 99.5 cm³/mol. The van der Waals surface area contributed by atoms with Crippen molar-refractivity contribution in [2.24, 2.45) is 5.92 Å². The highest BCUT2D eigenvalue weighted by atomic mass is 32.2. The number of methoxy groups -OCH3 is 1. The Morgan fingerprint density at radius 3 is 2.65 bits per heavy atom. The molecule has 1 amide bonds. The maximum atomic E-state index is 12.8. The molecular formula is C19H22N2O4S. The Morgan fingerprint density at radius 1 is 1.15 bits per heavy atom. The van der Waals surface area contributed by atoms with Crippen LogP contribution in [0.25, 0.3) is 0 Å². The van der Waals surface area contributed by atoms with E-state index >= 15 is 0 Å². The van der Waals surface area contributed by atoms with Crippen LogP contribution in [0.2, 0.25) is 0 Å². The fourth-order valence-electron chi connectivity index (χ4n) is 3.06. The van der Waals surface area contributed by atoms with Crippen molar-refractivity contribution >= 4 is 21.6 Å². The highest BCUT2D eigenvalue weighted by molar-refractivity contribution is 7.89. The molecule has 138 valence electrons. The molecule has 0 unspecified atom stereocenters. The number of sulfonamides is 1. The first kappa shape index (κ1) is 18.4. The highest BCUT2D eigenvalue weighted by Gasteiger charge is 2.33. The van der Waals surface area contributed by atoms with E-state index in [1.807, 2.05) is 0 Å². The summed E-state index contributed by atoms with van der Waals surface area (Å²) >= 11 is 0. The van der Waals surface area contributed by atoms with Gasteiger partial charge in [-0.05, 0) is 37.1 Å². The quantitative estimate of drug-likeness (QED) is 0.873. The van der Waals surface area contributed by atoms with Crippen LogP contribution in [0.15, 0.2) is 59.5 Å². The highest BCUT2D eigenvalue weighted by Crippen LogP contribution is 2.25. The van der Waals surface area contributed by atoms with E-state index in [1.54, 1.807) is 61.7 Å². The summed E-state index contributed by atoms with van der Waals surface area (Å²) in [4.78, 5) is 12.9. The average Bonchev–Trinajstić information content (AvgIpc) is 2.69. The first-order valence-electron chi connectivity index (χ1n) is 8.51. The summed E-state index contributed by atoms with van der Waals surface area (Å²) in [5.74, 6) is 0.0966. The summed E-state index contributed by atoms with van der Waals surface area (Å²) in [7, 11) is -2.01. The number of amides is 1. The largest absolute Gasteiger partial charge is 0.497 e. The molecular weight excluding hydrogens is 352 g/mol. The number of nitrogens with zero attached hydrogens (tertiary/aromatic N) is 1. The summed E-state index contributed by atoms with van der Waals surface area (Å²) in [6.07, 6.45) is 1.32. The molecule has 0 bridgehead atoms. The van der Waals surface area contributed by atoms with Crippen molar-refractivity contribution in [1.29, 1.82) is 0 Å². The molecule has 1 saturated heterocycles. The van der Waals surface area contributed by atoms with Gasteiger partial charge in [0.1, 0.15) is 5.75 Å². The summed E-state index contributed by atoms with van der Waals surface area (Å²) in [6, 6.07) is 15.4. The minimum Gasteiger partial charge on any atom is -0.497 e. The molecule has 1 aliphatic heterocycles. The molecule has 1 N–H and O–H groups in total. The number of piperidine rings is 1. The summed E-state index contributed by atoms with van der Waals surface area (Å²) in [6.45, 7) is 0.618. The lowest BCUT2D eigenvalue weighted by Crippen LogP contribution is -2.43. The van der Waals surface area contributed by atoms with E-state index in [9.17, 15) is 13.2 Å². The van der Waals surface area contributed by atoms with E-state index in [0.29, 0.717) is 30.8 Å². The number of carbonyl (C=O) groups is 1. The summed E-state index contributed by atoms with van der Waals surface area (Å²) in [5.41, 5.74) is 0.636. The molecule has 1 fully saturated rings. The zero-order valence-electron chi connectivity index (χ0n) is 14.6. The monoisotopic (exact) mass is 374 g/mol. The topological polar surface area (TPSA) is 75.7 Å². The van der Waals surface area contributed by atoms with E-state index in [4.69, 9.17) is 4.74 Å². The number of anilines is 1.